The zero-order valence-corrected chi connectivity index (χ0v) is 8.22. The predicted octanol–water partition coefficient (Wildman–Crippen LogP) is 2.35. The molecule has 0 atom stereocenters. The van der Waals surface area contributed by atoms with E-state index in [0.717, 1.165) is 16.9 Å². The van der Waals surface area contributed by atoms with Gasteiger partial charge in [0.15, 0.2) is 0 Å². The lowest BCUT2D eigenvalue weighted by Gasteiger charge is -2.05. The molecule has 1 aromatic carbocycles. The van der Waals surface area contributed by atoms with Crippen molar-refractivity contribution in [3.8, 4) is 5.75 Å². The highest BCUT2D eigenvalue weighted by Crippen LogP contribution is 2.15. The molecule has 3 nitrogen and oxygen atoms in total. The molecule has 0 amide bonds. The zero-order chi connectivity index (χ0) is 10.5. The van der Waals surface area contributed by atoms with Crippen molar-refractivity contribution in [3.63, 3.8) is 0 Å². The van der Waals surface area contributed by atoms with Crippen molar-refractivity contribution in [2.75, 3.05) is 0 Å². The molecule has 0 radical (unpaired) electrons. The summed E-state index contributed by atoms with van der Waals surface area (Å²) in [5, 5.41) is 8.94. The van der Waals surface area contributed by atoms with Gasteiger partial charge in [-0.05, 0) is 23.8 Å². The van der Waals surface area contributed by atoms with Crippen LogP contribution in [-0.2, 0) is 13.2 Å². The first kappa shape index (κ1) is 9.80. The van der Waals surface area contributed by atoms with Gasteiger partial charge < -0.3 is 14.3 Å². The number of ether oxygens (including phenoxy) is 1. The average Bonchev–Trinajstić information content (AvgIpc) is 2.79. The van der Waals surface area contributed by atoms with Crippen LogP contribution in [0, 0.1) is 0 Å². The Morgan fingerprint density at radius 1 is 1.20 bits per heavy atom. The molecule has 1 N–H and O–H groups in total. The van der Waals surface area contributed by atoms with Crippen molar-refractivity contribution < 1.29 is 14.3 Å². The molecule has 0 saturated heterocycles. The fraction of sp³-hybridized carbons (Fsp3) is 0.167. The van der Waals surface area contributed by atoms with Gasteiger partial charge in [-0.15, -0.1) is 0 Å². The third-order valence-electron chi connectivity index (χ3n) is 2.07. The maximum Gasteiger partial charge on any atom is 0.120 e. The molecule has 0 bridgehead atoms. The van der Waals surface area contributed by atoms with Gasteiger partial charge in [0.1, 0.15) is 12.4 Å². The quantitative estimate of drug-likeness (QED) is 0.831. The predicted molar refractivity (Wildman–Crippen MR) is 55.4 cm³/mol. The van der Waals surface area contributed by atoms with Crippen LogP contribution in [0.25, 0.3) is 0 Å². The number of hydrogen-bond acceptors (Lipinski definition) is 3. The molecule has 1 heterocycles. The summed E-state index contributed by atoms with van der Waals surface area (Å²) in [6, 6.07) is 9.25. The van der Waals surface area contributed by atoms with Crippen LogP contribution >= 0.6 is 0 Å². The van der Waals surface area contributed by atoms with Gasteiger partial charge in [-0.1, -0.05) is 12.1 Å². The lowest BCUT2D eigenvalue weighted by Crippen LogP contribution is -1.94. The minimum absolute atomic E-state index is 0.0307. The van der Waals surface area contributed by atoms with Crippen molar-refractivity contribution >= 4 is 0 Å². The largest absolute Gasteiger partial charge is 0.489 e. The third kappa shape index (κ3) is 2.60. The Balaban J connectivity index is 1.98. The summed E-state index contributed by atoms with van der Waals surface area (Å²) in [6.07, 6.45) is 3.26. The van der Waals surface area contributed by atoms with Gasteiger partial charge in [-0.25, -0.2) is 0 Å². The van der Waals surface area contributed by atoms with E-state index in [2.05, 4.69) is 0 Å². The second-order valence-corrected chi connectivity index (χ2v) is 3.23. The highest BCUT2D eigenvalue weighted by molar-refractivity contribution is 5.28. The highest BCUT2D eigenvalue weighted by atomic mass is 16.5. The first-order valence-corrected chi connectivity index (χ1v) is 4.72. The van der Waals surface area contributed by atoms with Crippen molar-refractivity contribution in [3.05, 3.63) is 54.0 Å². The molecular formula is C12H12O3. The van der Waals surface area contributed by atoms with Crippen LogP contribution in [0.3, 0.4) is 0 Å². The number of aliphatic hydroxyl groups is 1. The summed E-state index contributed by atoms with van der Waals surface area (Å²) >= 11 is 0. The third-order valence-corrected chi connectivity index (χ3v) is 2.07. The van der Waals surface area contributed by atoms with Crippen LogP contribution < -0.4 is 4.74 Å². The topological polar surface area (TPSA) is 42.6 Å². The van der Waals surface area contributed by atoms with E-state index in [0.29, 0.717) is 6.61 Å². The Hall–Kier alpha value is -1.74. The van der Waals surface area contributed by atoms with E-state index in [1.807, 2.05) is 30.3 Å². The van der Waals surface area contributed by atoms with Crippen LogP contribution in [-0.4, -0.2) is 5.11 Å². The zero-order valence-electron chi connectivity index (χ0n) is 8.22. The molecule has 0 unspecified atom stereocenters. The molecule has 78 valence electrons. The number of aliphatic hydroxyl groups excluding tert-OH is 1. The van der Waals surface area contributed by atoms with E-state index in [9.17, 15) is 0 Å². The molecule has 0 spiro atoms. The molecule has 0 aliphatic heterocycles. The van der Waals surface area contributed by atoms with Gasteiger partial charge in [-0.3, -0.25) is 0 Å². The van der Waals surface area contributed by atoms with E-state index >= 15 is 0 Å². The second-order valence-electron chi connectivity index (χ2n) is 3.23. The van der Waals surface area contributed by atoms with Crippen LogP contribution in [0.4, 0.5) is 0 Å². The van der Waals surface area contributed by atoms with E-state index in [-0.39, 0.29) is 6.61 Å². The first-order chi connectivity index (χ1) is 7.38. The van der Waals surface area contributed by atoms with E-state index in [1.54, 1.807) is 12.5 Å². The van der Waals surface area contributed by atoms with Crippen LogP contribution in [0.1, 0.15) is 11.1 Å². The fourth-order valence-electron chi connectivity index (χ4n) is 1.28. The Morgan fingerprint density at radius 3 is 2.87 bits per heavy atom. The van der Waals surface area contributed by atoms with Crippen molar-refractivity contribution in [1.29, 1.82) is 0 Å². The summed E-state index contributed by atoms with van der Waals surface area (Å²) in [5.41, 5.74) is 1.84. The second kappa shape index (κ2) is 4.66. The molecule has 0 fully saturated rings. The highest BCUT2D eigenvalue weighted by Gasteiger charge is 1.98. The molecule has 15 heavy (non-hydrogen) atoms. The summed E-state index contributed by atoms with van der Waals surface area (Å²) in [4.78, 5) is 0. The lowest BCUT2D eigenvalue weighted by atomic mass is 10.2. The standard InChI is InChI=1S/C12H12O3/c13-7-10-2-1-3-12(6-10)15-9-11-4-5-14-8-11/h1-6,8,13H,7,9H2. The van der Waals surface area contributed by atoms with Gasteiger partial charge >= 0.3 is 0 Å². The molecule has 2 rings (SSSR count). The molecule has 0 aliphatic rings. The Kier molecular flexibility index (Phi) is 3.05. The lowest BCUT2D eigenvalue weighted by molar-refractivity contribution is 0.278. The van der Waals surface area contributed by atoms with Gasteiger partial charge in [-0.2, -0.15) is 0 Å². The number of benzene rings is 1. The summed E-state index contributed by atoms with van der Waals surface area (Å²) in [7, 11) is 0. The van der Waals surface area contributed by atoms with E-state index < -0.39 is 0 Å². The van der Waals surface area contributed by atoms with Gasteiger partial charge in [0.25, 0.3) is 0 Å². The van der Waals surface area contributed by atoms with Crippen molar-refractivity contribution in [2.45, 2.75) is 13.2 Å². The van der Waals surface area contributed by atoms with Crippen LogP contribution in [0.15, 0.2) is 47.3 Å². The van der Waals surface area contributed by atoms with Gasteiger partial charge in [0.05, 0.1) is 19.1 Å². The Morgan fingerprint density at radius 2 is 2.13 bits per heavy atom. The summed E-state index contributed by atoms with van der Waals surface area (Å²) in [6.45, 7) is 0.508. The van der Waals surface area contributed by atoms with Crippen LogP contribution in [0.2, 0.25) is 0 Å². The molecule has 2 aromatic rings. The monoisotopic (exact) mass is 204 g/mol. The van der Waals surface area contributed by atoms with Crippen molar-refractivity contribution in [2.24, 2.45) is 0 Å². The maximum atomic E-state index is 8.94. The fourth-order valence-corrected chi connectivity index (χ4v) is 1.28. The van der Waals surface area contributed by atoms with E-state index in [1.165, 1.54) is 0 Å². The molecular weight excluding hydrogens is 192 g/mol. The SMILES string of the molecule is OCc1cccc(OCc2ccoc2)c1. The van der Waals surface area contributed by atoms with E-state index in [4.69, 9.17) is 14.3 Å². The Labute approximate surface area is 87.9 Å². The van der Waals surface area contributed by atoms with Gasteiger partial charge in [0, 0.05) is 5.56 Å². The summed E-state index contributed by atoms with van der Waals surface area (Å²) < 4.78 is 10.4. The maximum absolute atomic E-state index is 8.94. The number of furan rings is 1. The number of rotatable bonds is 4. The van der Waals surface area contributed by atoms with Crippen LogP contribution in [0.5, 0.6) is 5.75 Å². The smallest absolute Gasteiger partial charge is 0.120 e. The Bertz CT molecular complexity index is 407. The first-order valence-electron chi connectivity index (χ1n) is 4.72. The van der Waals surface area contributed by atoms with Gasteiger partial charge in [0.2, 0.25) is 0 Å². The summed E-state index contributed by atoms with van der Waals surface area (Å²) in [5.74, 6) is 0.753. The molecule has 0 aliphatic carbocycles. The normalized spacial score (nSPS) is 10.2. The minimum atomic E-state index is 0.0307. The molecule has 3 heteroatoms. The molecule has 0 saturated carbocycles. The molecule has 1 aromatic heterocycles. The minimum Gasteiger partial charge on any atom is -0.489 e. The average molecular weight is 204 g/mol. The number of hydrogen-bond donors (Lipinski definition) is 1. The van der Waals surface area contributed by atoms with Crippen molar-refractivity contribution in [1.82, 2.24) is 0 Å².